The van der Waals surface area contributed by atoms with Crippen LogP contribution in [0.5, 0.6) is 0 Å². The zero-order chi connectivity index (χ0) is 25.1. The van der Waals surface area contributed by atoms with Crippen LogP contribution in [-0.4, -0.2) is 53.5 Å². The molecule has 5 fully saturated rings. The number of methoxy groups -OCH3 is 1. The molecule has 0 radical (unpaired) electrons. The molecule has 1 heterocycles. The summed E-state index contributed by atoms with van der Waals surface area (Å²) >= 11 is 0. The Bertz CT molecular complexity index is 937. The SMILES string of the molecule is C=C1C[C@]23C[C@H]1CCC2[C@@]12C[C@@H](O[Si](C)(C)C)[C@H](O[Si](C)(C)C)C(C)(C(=O)O1)C2[C@@H]3C(=O)OC. The van der Waals surface area contributed by atoms with Gasteiger partial charge in [-0.25, -0.2) is 0 Å². The minimum Gasteiger partial charge on any atom is -0.469 e. The van der Waals surface area contributed by atoms with Gasteiger partial charge in [0.2, 0.25) is 0 Å². The summed E-state index contributed by atoms with van der Waals surface area (Å²) < 4.78 is 25.7. The van der Waals surface area contributed by atoms with Crippen LogP contribution in [0.2, 0.25) is 39.3 Å². The highest BCUT2D eigenvalue weighted by atomic mass is 28.4. The van der Waals surface area contributed by atoms with Crippen molar-refractivity contribution in [3.8, 4) is 0 Å². The number of fused-ring (bicyclic) bond motifs is 1. The molecule has 4 aliphatic carbocycles. The molecule has 9 atom stereocenters. The first-order chi connectivity index (χ1) is 15.6. The van der Waals surface area contributed by atoms with Crippen molar-refractivity contribution in [1.82, 2.24) is 0 Å². The topological polar surface area (TPSA) is 71.1 Å². The summed E-state index contributed by atoms with van der Waals surface area (Å²) in [6.07, 6.45) is 3.74. The summed E-state index contributed by atoms with van der Waals surface area (Å²) in [7, 11) is -2.53. The van der Waals surface area contributed by atoms with Crippen molar-refractivity contribution in [1.29, 1.82) is 0 Å². The number of hydrogen-bond donors (Lipinski definition) is 0. The maximum atomic E-state index is 13.9. The Hall–Kier alpha value is -0.966. The number of ether oxygens (including phenoxy) is 2. The molecule has 3 unspecified atom stereocenters. The lowest BCUT2D eigenvalue weighted by Gasteiger charge is -2.51. The van der Waals surface area contributed by atoms with Crippen LogP contribution in [0.15, 0.2) is 12.2 Å². The number of rotatable bonds is 5. The number of carbonyl (C=O) groups is 2. The van der Waals surface area contributed by atoms with Gasteiger partial charge in [0.1, 0.15) is 5.60 Å². The van der Waals surface area contributed by atoms with Gasteiger partial charge in [-0.15, -0.1) is 0 Å². The van der Waals surface area contributed by atoms with Gasteiger partial charge in [0.15, 0.2) is 16.6 Å². The lowest BCUT2D eigenvalue weighted by Crippen LogP contribution is -2.63. The molecule has 0 N–H and O–H groups in total. The van der Waals surface area contributed by atoms with E-state index >= 15 is 0 Å². The molecule has 0 aromatic rings. The van der Waals surface area contributed by atoms with Crippen LogP contribution in [0.3, 0.4) is 0 Å². The quantitative estimate of drug-likeness (QED) is 0.300. The third-order valence-electron chi connectivity index (χ3n) is 9.58. The van der Waals surface area contributed by atoms with Gasteiger partial charge in [0.25, 0.3) is 0 Å². The van der Waals surface area contributed by atoms with Gasteiger partial charge in [0.05, 0.1) is 30.7 Å². The summed E-state index contributed by atoms with van der Waals surface area (Å²) in [6, 6.07) is 0. The molecule has 8 heteroatoms. The van der Waals surface area contributed by atoms with Crippen LogP contribution in [0.4, 0.5) is 0 Å². The third-order valence-corrected chi connectivity index (χ3v) is 11.6. The van der Waals surface area contributed by atoms with Gasteiger partial charge in [-0.2, -0.15) is 0 Å². The molecule has 190 valence electrons. The number of esters is 2. The lowest BCUT2D eigenvalue weighted by atomic mass is 9.58. The van der Waals surface area contributed by atoms with E-state index in [1.54, 1.807) is 0 Å². The Kier molecular flexibility index (Phi) is 5.30. The van der Waals surface area contributed by atoms with Crippen molar-refractivity contribution >= 4 is 28.6 Å². The van der Waals surface area contributed by atoms with Crippen molar-refractivity contribution in [3.63, 3.8) is 0 Å². The average Bonchev–Trinajstić information content (AvgIpc) is 3.15. The highest BCUT2D eigenvalue weighted by molar-refractivity contribution is 6.70. The first-order valence-corrected chi connectivity index (χ1v) is 19.8. The van der Waals surface area contributed by atoms with Crippen LogP contribution in [0.1, 0.15) is 39.0 Å². The summed E-state index contributed by atoms with van der Waals surface area (Å²) in [5.41, 5.74) is -0.655. The van der Waals surface area contributed by atoms with Crippen molar-refractivity contribution in [2.75, 3.05) is 7.11 Å². The molecule has 1 spiro atoms. The summed E-state index contributed by atoms with van der Waals surface area (Å²) in [6.45, 7) is 19.4. The standard InChI is InChI=1S/C26H42O6Si2/c1-15-12-25-13-16(15)10-11-18(25)26-14-17(31-33(4,5)6)21(32-34(7,8)9)24(2,23(28)30-26)20(26)19(25)22(27)29-3/h16-21H,1,10-14H2,2-9H3/t16-,17-,18?,19-,20?,21+,24?,25+,26-/m1/s1. The monoisotopic (exact) mass is 506 g/mol. The molecular weight excluding hydrogens is 464 g/mol. The van der Waals surface area contributed by atoms with Gasteiger partial charge >= 0.3 is 11.9 Å². The Morgan fingerprint density at radius 1 is 1.06 bits per heavy atom. The van der Waals surface area contributed by atoms with Crippen LogP contribution in [-0.2, 0) is 27.9 Å². The van der Waals surface area contributed by atoms with E-state index in [0.717, 1.165) is 25.7 Å². The fraction of sp³-hybridized carbons (Fsp3) is 0.846. The molecule has 0 aromatic carbocycles. The second kappa shape index (κ2) is 7.29. The number of hydrogen-bond acceptors (Lipinski definition) is 6. The van der Waals surface area contributed by atoms with E-state index in [-0.39, 0.29) is 41.2 Å². The van der Waals surface area contributed by atoms with Gasteiger partial charge in [0, 0.05) is 18.3 Å². The second-order valence-corrected chi connectivity index (χ2v) is 22.7. The molecular formula is C26H42O6Si2. The van der Waals surface area contributed by atoms with E-state index in [1.807, 2.05) is 6.92 Å². The normalized spacial score (nSPS) is 47.3. The fourth-order valence-electron chi connectivity index (χ4n) is 8.93. The van der Waals surface area contributed by atoms with Crippen molar-refractivity contribution in [2.45, 2.75) is 96.1 Å². The first kappa shape index (κ1) is 24.7. The Morgan fingerprint density at radius 3 is 2.29 bits per heavy atom. The predicted molar refractivity (Wildman–Crippen MR) is 134 cm³/mol. The molecule has 5 aliphatic rings. The predicted octanol–water partition coefficient (Wildman–Crippen LogP) is 4.91. The van der Waals surface area contributed by atoms with Crippen molar-refractivity contribution in [3.05, 3.63) is 12.2 Å². The van der Waals surface area contributed by atoms with Crippen molar-refractivity contribution in [2.24, 2.45) is 34.5 Å². The summed E-state index contributed by atoms with van der Waals surface area (Å²) in [5, 5.41) is 0. The first-order valence-electron chi connectivity index (χ1n) is 12.9. The third kappa shape index (κ3) is 3.17. The maximum absolute atomic E-state index is 13.9. The van der Waals surface area contributed by atoms with E-state index in [0.29, 0.717) is 12.3 Å². The molecule has 5 rings (SSSR count). The molecule has 1 saturated heterocycles. The van der Waals surface area contributed by atoms with Crippen molar-refractivity contribution < 1.29 is 27.9 Å². The fourth-order valence-corrected chi connectivity index (χ4v) is 11.2. The van der Waals surface area contributed by atoms with E-state index in [2.05, 4.69) is 45.9 Å². The highest BCUT2D eigenvalue weighted by Gasteiger charge is 2.85. The van der Waals surface area contributed by atoms with E-state index in [1.165, 1.54) is 12.7 Å². The zero-order valence-corrected chi connectivity index (χ0v) is 24.2. The Labute approximate surface area is 206 Å². The average molecular weight is 507 g/mol. The molecule has 4 saturated carbocycles. The van der Waals surface area contributed by atoms with E-state index in [4.69, 9.17) is 18.3 Å². The largest absolute Gasteiger partial charge is 0.469 e. The van der Waals surface area contributed by atoms with Crippen LogP contribution >= 0.6 is 0 Å². The number of carbonyl (C=O) groups excluding carboxylic acids is 2. The van der Waals surface area contributed by atoms with Crippen LogP contribution in [0, 0.1) is 34.5 Å². The number of allylic oxidation sites excluding steroid dienone is 1. The Morgan fingerprint density at radius 2 is 1.71 bits per heavy atom. The molecule has 1 aliphatic heterocycles. The zero-order valence-electron chi connectivity index (χ0n) is 22.2. The van der Waals surface area contributed by atoms with Gasteiger partial charge in [-0.1, -0.05) is 12.2 Å². The second-order valence-electron chi connectivity index (χ2n) is 13.8. The molecule has 34 heavy (non-hydrogen) atoms. The molecule has 4 bridgehead atoms. The smallest absolute Gasteiger partial charge is 0.315 e. The minimum atomic E-state index is -2.05. The van der Waals surface area contributed by atoms with Crippen LogP contribution < -0.4 is 0 Å². The maximum Gasteiger partial charge on any atom is 0.315 e. The van der Waals surface area contributed by atoms with Gasteiger partial charge in [-0.05, 0) is 83.2 Å². The van der Waals surface area contributed by atoms with Gasteiger partial charge < -0.3 is 18.3 Å². The molecule has 6 nitrogen and oxygen atoms in total. The lowest BCUT2D eigenvalue weighted by molar-refractivity contribution is -0.164. The summed E-state index contributed by atoms with van der Waals surface area (Å²) in [5.74, 6) is -0.502. The summed E-state index contributed by atoms with van der Waals surface area (Å²) in [4.78, 5) is 27.5. The Balaban J connectivity index is 1.71. The van der Waals surface area contributed by atoms with Gasteiger partial charge in [-0.3, -0.25) is 9.59 Å². The molecule has 0 amide bonds. The van der Waals surface area contributed by atoms with E-state index in [9.17, 15) is 9.59 Å². The van der Waals surface area contributed by atoms with Crippen LogP contribution in [0.25, 0.3) is 0 Å². The molecule has 0 aromatic heterocycles. The minimum absolute atomic E-state index is 0.121. The highest BCUT2D eigenvalue weighted by Crippen LogP contribution is 2.78. The van der Waals surface area contributed by atoms with E-state index < -0.39 is 33.8 Å².